The van der Waals surface area contributed by atoms with E-state index in [-0.39, 0.29) is 5.82 Å². The van der Waals surface area contributed by atoms with E-state index in [9.17, 15) is 4.39 Å². The van der Waals surface area contributed by atoms with E-state index in [0.29, 0.717) is 0 Å². The van der Waals surface area contributed by atoms with Gasteiger partial charge in [-0.1, -0.05) is 0 Å². The summed E-state index contributed by atoms with van der Waals surface area (Å²) in [5, 5.41) is 5.07. The van der Waals surface area contributed by atoms with E-state index >= 15 is 0 Å². The Labute approximate surface area is 154 Å². The van der Waals surface area contributed by atoms with Crippen LogP contribution >= 0.6 is 7.26 Å². The van der Waals surface area contributed by atoms with Crippen LogP contribution in [0.15, 0.2) is 115 Å². The van der Waals surface area contributed by atoms with Gasteiger partial charge in [-0.15, -0.1) is 0 Å². The SMILES string of the molecule is Fc1ccc([PH](c2ccccc2)(c2ccccc2)c2ccccc2)cc1. The van der Waals surface area contributed by atoms with Crippen LogP contribution in [0.5, 0.6) is 0 Å². The van der Waals surface area contributed by atoms with E-state index in [0.717, 1.165) is 0 Å². The predicted molar refractivity (Wildman–Crippen MR) is 113 cm³/mol. The van der Waals surface area contributed by atoms with Gasteiger partial charge in [-0.3, -0.25) is 0 Å². The zero-order valence-corrected chi connectivity index (χ0v) is 15.3. The number of rotatable bonds is 4. The maximum absolute atomic E-state index is 13.7. The molecule has 0 N–H and O–H groups in total. The number of benzene rings is 4. The van der Waals surface area contributed by atoms with E-state index < -0.39 is 7.26 Å². The van der Waals surface area contributed by atoms with Gasteiger partial charge in [-0.05, 0) is 0 Å². The molecule has 0 saturated carbocycles. The van der Waals surface area contributed by atoms with E-state index in [1.807, 2.05) is 30.3 Å². The third-order valence-electron chi connectivity index (χ3n) is 4.90. The van der Waals surface area contributed by atoms with Crippen LogP contribution in [-0.2, 0) is 0 Å². The Morgan fingerprint density at radius 3 is 1.04 bits per heavy atom. The van der Waals surface area contributed by atoms with E-state index in [1.54, 1.807) is 12.1 Å². The van der Waals surface area contributed by atoms with Crippen LogP contribution in [0.4, 0.5) is 4.39 Å². The standard InChI is InChI=1S/C24H20FP/c25-20-16-18-24(19-17-20)26(21-10-4-1-5-11-21,22-12-6-2-7-13-22)23-14-8-3-9-15-23/h1-19,26H. The molecule has 0 nitrogen and oxygen atoms in total. The molecule has 128 valence electrons. The molecule has 4 aromatic rings. The van der Waals surface area contributed by atoms with Gasteiger partial charge in [0.15, 0.2) is 0 Å². The maximum atomic E-state index is 13.7. The molecule has 0 aliphatic carbocycles. The van der Waals surface area contributed by atoms with Crippen LogP contribution in [0, 0.1) is 5.82 Å². The summed E-state index contributed by atoms with van der Waals surface area (Å²) in [5.74, 6) is -0.203. The molecule has 0 unspecified atom stereocenters. The molecule has 0 amide bonds. The molecule has 0 aliphatic heterocycles. The van der Waals surface area contributed by atoms with Gasteiger partial charge in [-0.25, -0.2) is 0 Å². The minimum atomic E-state index is -2.49. The molecule has 0 bridgehead atoms. The quantitative estimate of drug-likeness (QED) is 0.480. The van der Waals surface area contributed by atoms with Gasteiger partial charge >= 0.3 is 154 Å². The first kappa shape index (κ1) is 16.7. The molecule has 0 fully saturated rings. The van der Waals surface area contributed by atoms with Crippen molar-refractivity contribution in [3.8, 4) is 0 Å². The van der Waals surface area contributed by atoms with Crippen LogP contribution in [0.25, 0.3) is 0 Å². The van der Waals surface area contributed by atoms with Crippen molar-refractivity contribution in [1.29, 1.82) is 0 Å². The van der Waals surface area contributed by atoms with Gasteiger partial charge in [0.05, 0.1) is 0 Å². The Kier molecular flexibility index (Phi) is 4.65. The second kappa shape index (κ2) is 7.23. The zero-order chi connectivity index (χ0) is 17.8. The van der Waals surface area contributed by atoms with E-state index in [4.69, 9.17) is 0 Å². The Balaban J connectivity index is 2.12. The van der Waals surface area contributed by atoms with E-state index in [2.05, 4.69) is 72.8 Å². The summed E-state index contributed by atoms with van der Waals surface area (Å²) in [5.41, 5.74) is 0. The summed E-state index contributed by atoms with van der Waals surface area (Å²) in [6, 6.07) is 39.0. The third-order valence-corrected chi connectivity index (χ3v) is 9.70. The summed E-state index contributed by atoms with van der Waals surface area (Å²) in [6.45, 7) is 0. The topological polar surface area (TPSA) is 0 Å². The Morgan fingerprint density at radius 2 is 0.692 bits per heavy atom. The van der Waals surface area contributed by atoms with Gasteiger partial charge in [0.2, 0.25) is 0 Å². The Morgan fingerprint density at radius 1 is 0.385 bits per heavy atom. The molecule has 4 aromatic carbocycles. The van der Waals surface area contributed by atoms with Crippen molar-refractivity contribution in [1.82, 2.24) is 0 Å². The first-order valence-corrected chi connectivity index (χ1v) is 10.7. The molecule has 2 heteroatoms. The molecule has 0 atom stereocenters. The molecule has 0 aromatic heterocycles. The zero-order valence-electron chi connectivity index (χ0n) is 14.3. The van der Waals surface area contributed by atoms with Gasteiger partial charge in [0.25, 0.3) is 0 Å². The van der Waals surface area contributed by atoms with Crippen LogP contribution in [0.3, 0.4) is 0 Å². The van der Waals surface area contributed by atoms with Crippen molar-refractivity contribution in [2.75, 3.05) is 0 Å². The van der Waals surface area contributed by atoms with E-state index in [1.165, 1.54) is 21.2 Å². The monoisotopic (exact) mass is 358 g/mol. The molecule has 0 aliphatic rings. The second-order valence-corrected chi connectivity index (χ2v) is 10.2. The normalized spacial score (nSPS) is 11.9. The van der Waals surface area contributed by atoms with Crippen LogP contribution < -0.4 is 21.2 Å². The fraction of sp³-hybridized carbons (Fsp3) is 0. The third kappa shape index (κ3) is 2.85. The van der Waals surface area contributed by atoms with Gasteiger partial charge in [0.1, 0.15) is 0 Å². The fourth-order valence-corrected chi connectivity index (χ4v) is 8.51. The summed E-state index contributed by atoms with van der Waals surface area (Å²) >= 11 is 0. The van der Waals surface area contributed by atoms with Crippen molar-refractivity contribution < 1.29 is 4.39 Å². The number of halogens is 1. The average Bonchev–Trinajstić information content (AvgIpc) is 2.72. The molecule has 0 heterocycles. The number of hydrogen-bond acceptors (Lipinski definition) is 0. The first-order chi connectivity index (χ1) is 12.8. The average molecular weight is 358 g/mol. The van der Waals surface area contributed by atoms with Gasteiger partial charge in [0, 0.05) is 0 Å². The van der Waals surface area contributed by atoms with Crippen molar-refractivity contribution in [3.05, 3.63) is 121 Å². The summed E-state index contributed by atoms with van der Waals surface area (Å²) in [4.78, 5) is 0. The number of hydrogen-bond donors (Lipinski definition) is 0. The van der Waals surface area contributed by atoms with Crippen molar-refractivity contribution in [2.45, 2.75) is 0 Å². The molecule has 26 heavy (non-hydrogen) atoms. The van der Waals surface area contributed by atoms with Crippen molar-refractivity contribution in [2.24, 2.45) is 0 Å². The van der Waals surface area contributed by atoms with Gasteiger partial charge < -0.3 is 0 Å². The Bertz CT molecular complexity index is 868. The minimum absolute atomic E-state index is 0.203. The van der Waals surface area contributed by atoms with Crippen molar-refractivity contribution >= 4 is 28.5 Å². The van der Waals surface area contributed by atoms with Crippen LogP contribution in [-0.4, -0.2) is 0 Å². The van der Waals surface area contributed by atoms with Gasteiger partial charge in [-0.2, -0.15) is 0 Å². The Hall–Kier alpha value is -2.76. The summed E-state index contributed by atoms with van der Waals surface area (Å²) in [7, 11) is -2.49. The molecule has 0 saturated heterocycles. The van der Waals surface area contributed by atoms with Crippen molar-refractivity contribution in [3.63, 3.8) is 0 Å². The van der Waals surface area contributed by atoms with Crippen LogP contribution in [0.1, 0.15) is 0 Å². The molecule has 4 rings (SSSR count). The predicted octanol–water partition coefficient (Wildman–Crippen LogP) is 4.18. The summed E-state index contributed by atoms with van der Waals surface area (Å²) < 4.78 is 13.7. The molecular weight excluding hydrogens is 338 g/mol. The van der Waals surface area contributed by atoms with Crippen LogP contribution in [0.2, 0.25) is 0 Å². The molecular formula is C24H20FP. The fourth-order valence-electron chi connectivity index (χ4n) is 3.76. The molecule has 0 spiro atoms. The molecule has 0 radical (unpaired) electrons. The summed E-state index contributed by atoms with van der Waals surface area (Å²) in [6.07, 6.45) is 0. The second-order valence-electron chi connectivity index (χ2n) is 6.35. The first-order valence-electron chi connectivity index (χ1n) is 8.74.